The fraction of sp³-hybridized carbons (Fsp3) is 0. The lowest BCUT2D eigenvalue weighted by molar-refractivity contribution is -0.384. The zero-order chi connectivity index (χ0) is 21.4. The number of oxazole rings is 1. The summed E-state index contributed by atoms with van der Waals surface area (Å²) in [6.07, 6.45) is 0. The number of nitro benzene ring substituents is 1. The minimum absolute atomic E-state index is 0.0354. The summed E-state index contributed by atoms with van der Waals surface area (Å²) in [5.74, 6) is -0.269. The van der Waals surface area contributed by atoms with E-state index in [0.29, 0.717) is 32.4 Å². The van der Waals surface area contributed by atoms with Gasteiger partial charge in [-0.25, -0.2) is 4.98 Å². The molecule has 0 fully saturated rings. The lowest BCUT2D eigenvalue weighted by Gasteiger charge is -2.09. The van der Waals surface area contributed by atoms with Gasteiger partial charge in [0.25, 0.3) is 11.6 Å². The Labute approximate surface area is 184 Å². The zero-order valence-corrected chi connectivity index (χ0v) is 17.1. The normalized spacial score (nSPS) is 10.9. The van der Waals surface area contributed by atoms with Crippen LogP contribution in [-0.2, 0) is 0 Å². The third-order valence-corrected chi connectivity index (χ3v) is 5.09. The zero-order valence-electron chi connectivity index (χ0n) is 14.9. The van der Waals surface area contributed by atoms with Crippen LogP contribution in [-0.4, -0.2) is 15.8 Å². The second-order valence-corrected chi connectivity index (χ2v) is 7.45. The number of hydrogen-bond acceptors (Lipinski definition) is 5. The smallest absolute Gasteiger partial charge is 0.270 e. The molecule has 1 amide bonds. The second kappa shape index (κ2) is 7.95. The van der Waals surface area contributed by atoms with E-state index < -0.39 is 10.8 Å². The van der Waals surface area contributed by atoms with Crippen molar-refractivity contribution in [1.29, 1.82) is 0 Å². The number of fused-ring (bicyclic) bond motifs is 1. The van der Waals surface area contributed by atoms with Crippen LogP contribution >= 0.6 is 34.8 Å². The summed E-state index contributed by atoms with van der Waals surface area (Å²) in [5, 5.41) is 14.4. The third kappa shape index (κ3) is 3.95. The Bertz CT molecular complexity index is 1320. The quantitative estimate of drug-likeness (QED) is 0.271. The van der Waals surface area contributed by atoms with Crippen molar-refractivity contribution in [2.45, 2.75) is 0 Å². The van der Waals surface area contributed by atoms with Crippen LogP contribution in [0.3, 0.4) is 0 Å². The number of rotatable bonds is 4. The van der Waals surface area contributed by atoms with Crippen molar-refractivity contribution in [2.75, 3.05) is 5.32 Å². The van der Waals surface area contributed by atoms with Gasteiger partial charge < -0.3 is 9.73 Å². The molecule has 30 heavy (non-hydrogen) atoms. The van der Waals surface area contributed by atoms with Crippen molar-refractivity contribution in [3.63, 3.8) is 0 Å². The lowest BCUT2D eigenvalue weighted by atomic mass is 10.1. The van der Waals surface area contributed by atoms with E-state index in [1.54, 1.807) is 36.4 Å². The predicted molar refractivity (Wildman–Crippen MR) is 116 cm³/mol. The monoisotopic (exact) mass is 461 g/mol. The van der Waals surface area contributed by atoms with Gasteiger partial charge in [0.15, 0.2) is 5.58 Å². The molecule has 0 aliphatic carbocycles. The van der Waals surface area contributed by atoms with Crippen molar-refractivity contribution in [1.82, 2.24) is 4.98 Å². The van der Waals surface area contributed by atoms with E-state index in [0.717, 1.165) is 6.07 Å². The molecule has 0 unspecified atom stereocenters. The number of hydrogen-bond donors (Lipinski definition) is 1. The fourth-order valence-electron chi connectivity index (χ4n) is 2.78. The molecule has 10 heteroatoms. The van der Waals surface area contributed by atoms with Gasteiger partial charge in [-0.15, -0.1) is 0 Å². The van der Waals surface area contributed by atoms with E-state index in [1.807, 2.05) is 0 Å². The standard InChI is InChI=1S/C20H10Cl3N3O4/c21-10-1-6-18-17(7-10)25-20(30-18)14-8-11(2-5-15(14)22)24-19(27)13-4-3-12(26(28)29)9-16(13)23/h1-9H,(H,24,27). The molecule has 0 saturated heterocycles. The van der Waals surface area contributed by atoms with Crippen LogP contribution in [0.25, 0.3) is 22.6 Å². The SMILES string of the molecule is O=C(Nc1ccc(Cl)c(-c2nc3cc(Cl)ccc3o2)c1)c1ccc([N+](=O)[O-])cc1Cl. The number of halogens is 3. The molecule has 150 valence electrons. The lowest BCUT2D eigenvalue weighted by Crippen LogP contribution is -2.12. The van der Waals surface area contributed by atoms with Crippen LogP contribution in [0.5, 0.6) is 0 Å². The van der Waals surface area contributed by atoms with Gasteiger partial charge in [-0.1, -0.05) is 34.8 Å². The van der Waals surface area contributed by atoms with Gasteiger partial charge in [0.2, 0.25) is 5.89 Å². The number of nitrogens with one attached hydrogen (secondary N) is 1. The van der Waals surface area contributed by atoms with Gasteiger partial charge in [-0.2, -0.15) is 0 Å². The summed E-state index contributed by atoms with van der Waals surface area (Å²) in [6.45, 7) is 0. The first-order valence-corrected chi connectivity index (χ1v) is 9.56. The molecule has 1 N–H and O–H groups in total. The van der Waals surface area contributed by atoms with Crippen LogP contribution < -0.4 is 5.32 Å². The molecule has 0 aliphatic heterocycles. The minimum atomic E-state index is -0.591. The number of anilines is 1. The van der Waals surface area contributed by atoms with Gasteiger partial charge in [-0.3, -0.25) is 14.9 Å². The average molecular weight is 463 g/mol. The molecule has 0 aliphatic rings. The Kier molecular flexibility index (Phi) is 5.34. The van der Waals surface area contributed by atoms with Crippen molar-refractivity contribution in [2.24, 2.45) is 0 Å². The summed E-state index contributed by atoms with van der Waals surface area (Å²) in [7, 11) is 0. The number of carbonyl (C=O) groups is 1. The molecule has 0 spiro atoms. The van der Waals surface area contributed by atoms with Crippen molar-refractivity contribution in [3.8, 4) is 11.5 Å². The Morgan fingerprint density at radius 3 is 2.53 bits per heavy atom. The van der Waals surface area contributed by atoms with Crippen molar-refractivity contribution < 1.29 is 14.1 Å². The number of aromatic nitrogens is 1. The average Bonchev–Trinajstić information content (AvgIpc) is 3.12. The fourth-order valence-corrected chi connectivity index (χ4v) is 3.41. The first-order chi connectivity index (χ1) is 14.3. The Hall–Kier alpha value is -3.13. The summed E-state index contributed by atoms with van der Waals surface area (Å²) in [4.78, 5) is 27.2. The molecule has 1 aromatic heterocycles. The molecule has 0 saturated carbocycles. The van der Waals surface area contributed by atoms with E-state index in [2.05, 4.69) is 10.3 Å². The minimum Gasteiger partial charge on any atom is -0.436 e. The summed E-state index contributed by atoms with van der Waals surface area (Å²) in [6, 6.07) is 13.5. The molecule has 3 aromatic carbocycles. The maximum Gasteiger partial charge on any atom is 0.270 e. The molecule has 4 rings (SSSR count). The van der Waals surface area contributed by atoms with Crippen LogP contribution in [0.2, 0.25) is 15.1 Å². The number of benzene rings is 3. The Morgan fingerprint density at radius 2 is 1.80 bits per heavy atom. The number of nitro groups is 1. The van der Waals surface area contributed by atoms with E-state index >= 15 is 0 Å². The molecule has 4 aromatic rings. The maximum absolute atomic E-state index is 12.6. The highest BCUT2D eigenvalue weighted by Gasteiger charge is 2.17. The number of amides is 1. The summed E-state index contributed by atoms with van der Waals surface area (Å²) in [5.41, 5.74) is 1.88. The highest BCUT2D eigenvalue weighted by molar-refractivity contribution is 6.35. The van der Waals surface area contributed by atoms with E-state index in [4.69, 9.17) is 39.2 Å². The van der Waals surface area contributed by atoms with Crippen LogP contribution in [0, 0.1) is 10.1 Å². The van der Waals surface area contributed by atoms with E-state index in [-0.39, 0.29) is 22.2 Å². The highest BCUT2D eigenvalue weighted by Crippen LogP contribution is 2.33. The van der Waals surface area contributed by atoms with Crippen molar-refractivity contribution in [3.05, 3.63) is 85.3 Å². The number of non-ortho nitro benzene ring substituents is 1. The van der Waals surface area contributed by atoms with Gasteiger partial charge >= 0.3 is 0 Å². The Morgan fingerprint density at radius 1 is 1.00 bits per heavy atom. The van der Waals surface area contributed by atoms with Crippen LogP contribution in [0.4, 0.5) is 11.4 Å². The van der Waals surface area contributed by atoms with Gasteiger partial charge in [0, 0.05) is 22.8 Å². The van der Waals surface area contributed by atoms with Gasteiger partial charge in [0.05, 0.1) is 26.1 Å². The first kappa shape index (κ1) is 20.2. The predicted octanol–water partition coefficient (Wildman–Crippen LogP) is 6.62. The molecule has 0 radical (unpaired) electrons. The molecule has 0 bridgehead atoms. The van der Waals surface area contributed by atoms with Crippen molar-refractivity contribution >= 4 is 63.2 Å². The number of nitrogens with zero attached hydrogens (tertiary/aromatic N) is 2. The second-order valence-electron chi connectivity index (χ2n) is 6.20. The van der Waals surface area contributed by atoms with E-state index in [1.165, 1.54) is 12.1 Å². The van der Waals surface area contributed by atoms with Gasteiger partial charge in [0.1, 0.15) is 5.52 Å². The molecule has 0 atom stereocenters. The molecule has 7 nitrogen and oxygen atoms in total. The van der Waals surface area contributed by atoms with Crippen LogP contribution in [0.15, 0.2) is 59.0 Å². The third-order valence-electron chi connectivity index (χ3n) is 4.21. The topological polar surface area (TPSA) is 98.3 Å². The number of carbonyl (C=O) groups excluding carboxylic acids is 1. The maximum atomic E-state index is 12.6. The van der Waals surface area contributed by atoms with E-state index in [9.17, 15) is 14.9 Å². The first-order valence-electron chi connectivity index (χ1n) is 8.43. The van der Waals surface area contributed by atoms with Crippen LogP contribution in [0.1, 0.15) is 10.4 Å². The molecular formula is C20H10Cl3N3O4. The molecule has 1 heterocycles. The summed E-state index contributed by atoms with van der Waals surface area (Å²) < 4.78 is 5.74. The molecular weight excluding hydrogens is 453 g/mol. The summed E-state index contributed by atoms with van der Waals surface area (Å²) >= 11 is 18.3. The highest BCUT2D eigenvalue weighted by atomic mass is 35.5. The Balaban J connectivity index is 1.64. The van der Waals surface area contributed by atoms with Gasteiger partial charge in [-0.05, 0) is 42.5 Å². The largest absolute Gasteiger partial charge is 0.436 e.